The van der Waals surface area contributed by atoms with Gasteiger partial charge >= 0.3 is 6.18 Å². The highest BCUT2D eigenvalue weighted by atomic mass is 19.4. The molecule has 0 aromatic heterocycles. The maximum Gasteiger partial charge on any atom is 0.419 e. The van der Waals surface area contributed by atoms with Crippen molar-refractivity contribution in [2.24, 2.45) is 0 Å². The van der Waals surface area contributed by atoms with Crippen molar-refractivity contribution in [3.63, 3.8) is 0 Å². The van der Waals surface area contributed by atoms with Crippen LogP contribution in [0.4, 0.5) is 26.5 Å². The molecule has 0 unspecified atom stereocenters. The Labute approximate surface area is 186 Å². The van der Waals surface area contributed by atoms with Crippen LogP contribution >= 0.6 is 0 Å². The lowest BCUT2D eigenvalue weighted by molar-refractivity contribution is -0.140. The summed E-state index contributed by atoms with van der Waals surface area (Å²) in [4.78, 5) is 3.06. The van der Waals surface area contributed by atoms with Crippen LogP contribution in [0, 0.1) is 5.82 Å². The molecule has 33 heavy (non-hydrogen) atoms. The average Bonchev–Trinajstić information content (AvgIpc) is 2.82. The first-order valence-corrected chi connectivity index (χ1v) is 9.29. The Morgan fingerprint density at radius 2 is 1.33 bits per heavy atom. The van der Waals surface area contributed by atoms with Crippen molar-refractivity contribution in [2.45, 2.75) is 12.9 Å². The van der Waals surface area contributed by atoms with E-state index in [4.69, 9.17) is 14.2 Å². The van der Waals surface area contributed by atoms with E-state index in [0.717, 1.165) is 11.1 Å². The highest BCUT2D eigenvalue weighted by Crippen LogP contribution is 2.41. The Morgan fingerprint density at radius 1 is 0.758 bits per heavy atom. The van der Waals surface area contributed by atoms with E-state index < -0.39 is 30.0 Å². The fourth-order valence-corrected chi connectivity index (χ4v) is 2.82. The van der Waals surface area contributed by atoms with Crippen molar-refractivity contribution in [3.05, 3.63) is 71.5 Å². The van der Waals surface area contributed by atoms with Crippen LogP contribution in [0.15, 0.2) is 54.6 Å². The van der Waals surface area contributed by atoms with Crippen LogP contribution in [0.25, 0.3) is 11.1 Å². The van der Waals surface area contributed by atoms with Crippen LogP contribution in [-0.4, -0.2) is 21.3 Å². The minimum atomic E-state index is -4.78. The normalized spacial score (nSPS) is 10.7. The van der Waals surface area contributed by atoms with Crippen LogP contribution in [0.5, 0.6) is 23.0 Å². The van der Waals surface area contributed by atoms with E-state index in [2.05, 4.69) is 4.94 Å². The molecule has 0 N–H and O–H groups in total. The molecule has 0 fully saturated rings. The van der Waals surface area contributed by atoms with Crippen molar-refractivity contribution < 1.29 is 45.6 Å². The molecule has 178 valence electrons. The first-order valence-electron chi connectivity index (χ1n) is 9.29. The van der Waals surface area contributed by atoms with Crippen molar-refractivity contribution in [1.29, 1.82) is 0 Å². The number of hydrogen-bond donors (Lipinski definition) is 0. The van der Waals surface area contributed by atoms with Gasteiger partial charge in [-0.3, -0.25) is 4.94 Å². The zero-order valence-electron chi connectivity index (χ0n) is 17.8. The molecule has 0 heterocycles. The summed E-state index contributed by atoms with van der Waals surface area (Å²) in [6.45, 7) is -0.475. The van der Waals surface area contributed by atoms with Crippen LogP contribution in [0.3, 0.4) is 0 Å². The molecule has 3 aromatic rings. The lowest BCUT2D eigenvalue weighted by Crippen LogP contribution is -2.07. The molecule has 0 aliphatic rings. The van der Waals surface area contributed by atoms with Crippen LogP contribution < -0.4 is 19.2 Å². The third kappa shape index (κ3) is 6.47. The fourth-order valence-electron chi connectivity index (χ4n) is 2.82. The summed E-state index contributed by atoms with van der Waals surface area (Å²) < 4.78 is 88.3. The largest absolute Gasteiger partial charge is 0.496 e. The second-order valence-corrected chi connectivity index (χ2v) is 6.45. The molecular formula is C23H20F6O4. The smallest absolute Gasteiger partial charge is 0.419 e. The average molecular weight is 474 g/mol. The van der Waals surface area contributed by atoms with E-state index in [1.54, 1.807) is 45.6 Å². The molecule has 3 aromatic carbocycles. The molecular weight excluding hydrogens is 454 g/mol. The number of hydrogen-bond acceptors (Lipinski definition) is 4. The van der Waals surface area contributed by atoms with E-state index in [-0.39, 0.29) is 0 Å². The van der Waals surface area contributed by atoms with Gasteiger partial charge in [0.2, 0.25) is 0 Å². The zero-order chi connectivity index (χ0) is 24.6. The van der Waals surface area contributed by atoms with Crippen molar-refractivity contribution in [1.82, 2.24) is 0 Å². The van der Waals surface area contributed by atoms with Gasteiger partial charge in [-0.1, -0.05) is 24.3 Å². The lowest BCUT2D eigenvalue weighted by Gasteiger charge is -2.15. The first kappa shape index (κ1) is 25.7. The van der Waals surface area contributed by atoms with Crippen molar-refractivity contribution in [3.8, 4) is 34.1 Å². The predicted octanol–water partition coefficient (Wildman–Crippen LogP) is 6.96. The highest BCUT2D eigenvalue weighted by molar-refractivity contribution is 5.78. The number of alkyl halides is 4. The Balaban J connectivity index is 0.000000257. The molecule has 0 saturated carbocycles. The van der Waals surface area contributed by atoms with Gasteiger partial charge in [-0.25, -0.2) is 8.78 Å². The maximum atomic E-state index is 12.6. The second-order valence-electron chi connectivity index (χ2n) is 6.45. The number of ether oxygens (including phenoxy) is 3. The number of benzene rings is 3. The Morgan fingerprint density at radius 3 is 1.73 bits per heavy atom. The standard InChI is InChI=1S/C16H17FO3.C7H3F5O/c1-18-13-8-14(19-2)16(15(9-13)20-3)12-6-4-11(10-17)5-7-12;8-6-3-4(13-12)1-2-5(6)7(9,10)11/h4-9H,10H2,1-3H3;1-3H. The molecule has 0 aliphatic carbocycles. The van der Waals surface area contributed by atoms with Crippen LogP contribution in [0.1, 0.15) is 11.1 Å². The van der Waals surface area contributed by atoms with Gasteiger partial charge in [0.1, 0.15) is 29.7 Å². The maximum absolute atomic E-state index is 12.6. The Kier molecular flexibility index (Phi) is 8.84. The van der Waals surface area contributed by atoms with E-state index >= 15 is 0 Å². The molecule has 0 amide bonds. The highest BCUT2D eigenvalue weighted by Gasteiger charge is 2.34. The SMILES string of the molecule is COc1cc(OC)c(-c2ccc(CF)cc2)c(OC)c1.FOc1ccc(C(F)(F)F)c(F)c1. The van der Waals surface area contributed by atoms with Gasteiger partial charge < -0.3 is 14.2 Å². The molecule has 0 radical (unpaired) electrons. The molecule has 4 nitrogen and oxygen atoms in total. The number of halogens is 6. The van der Waals surface area contributed by atoms with Gasteiger partial charge in [0.15, 0.2) is 5.75 Å². The van der Waals surface area contributed by atoms with Gasteiger partial charge in [0, 0.05) is 22.7 Å². The minimum absolute atomic E-state index is 0.322. The fraction of sp³-hybridized carbons (Fsp3) is 0.217. The summed E-state index contributed by atoms with van der Waals surface area (Å²) in [5.74, 6) is -0.223. The zero-order valence-corrected chi connectivity index (χ0v) is 17.8. The van der Waals surface area contributed by atoms with E-state index in [1.807, 2.05) is 12.1 Å². The molecule has 0 bridgehead atoms. The quantitative estimate of drug-likeness (QED) is 0.362. The molecule has 0 spiro atoms. The van der Waals surface area contributed by atoms with Gasteiger partial charge in [-0.2, -0.15) is 13.2 Å². The lowest BCUT2D eigenvalue weighted by atomic mass is 10.0. The number of methoxy groups -OCH3 is 3. The van der Waals surface area contributed by atoms with Crippen molar-refractivity contribution in [2.75, 3.05) is 21.3 Å². The summed E-state index contributed by atoms with van der Waals surface area (Å²) in [5, 5.41) is 0. The van der Waals surface area contributed by atoms with Gasteiger partial charge in [0.25, 0.3) is 0 Å². The van der Waals surface area contributed by atoms with E-state index in [1.165, 1.54) is 0 Å². The predicted molar refractivity (Wildman–Crippen MR) is 109 cm³/mol. The molecule has 10 heteroatoms. The summed E-state index contributed by atoms with van der Waals surface area (Å²) in [5.41, 5.74) is 0.910. The summed E-state index contributed by atoms with van der Waals surface area (Å²) in [6, 6.07) is 12.2. The monoisotopic (exact) mass is 474 g/mol. The Hall–Kier alpha value is -3.56. The topological polar surface area (TPSA) is 36.9 Å². The number of rotatable bonds is 6. The molecule has 3 rings (SSSR count). The molecule has 0 saturated heterocycles. The Bertz CT molecular complexity index is 1030. The summed E-state index contributed by atoms with van der Waals surface area (Å²) in [6.07, 6.45) is -4.78. The summed E-state index contributed by atoms with van der Waals surface area (Å²) in [7, 11) is 4.77. The van der Waals surface area contributed by atoms with E-state index in [0.29, 0.717) is 41.0 Å². The van der Waals surface area contributed by atoms with Crippen LogP contribution in [0.2, 0.25) is 0 Å². The first-order chi connectivity index (χ1) is 15.7. The van der Waals surface area contributed by atoms with Gasteiger partial charge in [-0.05, 0) is 23.3 Å². The van der Waals surface area contributed by atoms with Crippen molar-refractivity contribution >= 4 is 0 Å². The third-order valence-electron chi connectivity index (χ3n) is 4.45. The van der Waals surface area contributed by atoms with Gasteiger partial charge in [-0.15, -0.1) is 0 Å². The van der Waals surface area contributed by atoms with Crippen LogP contribution in [-0.2, 0) is 12.9 Å². The van der Waals surface area contributed by atoms with E-state index in [9.17, 15) is 26.5 Å². The van der Waals surface area contributed by atoms with Gasteiger partial charge in [0.05, 0.1) is 32.5 Å². The molecule has 0 atom stereocenters. The third-order valence-corrected chi connectivity index (χ3v) is 4.45. The molecule has 0 aliphatic heterocycles. The minimum Gasteiger partial charge on any atom is -0.496 e. The second kappa shape index (κ2) is 11.3. The summed E-state index contributed by atoms with van der Waals surface area (Å²) >= 11 is 0.